The molecule has 0 radical (unpaired) electrons. The van der Waals surface area contributed by atoms with E-state index < -0.39 is 5.91 Å². The zero-order valence-electron chi connectivity index (χ0n) is 10.9. The number of nitrogens with zero attached hydrogens (tertiary/aromatic N) is 2. The molecule has 110 valence electrons. The van der Waals surface area contributed by atoms with Crippen molar-refractivity contribution in [3.63, 3.8) is 0 Å². The Labute approximate surface area is 136 Å². The summed E-state index contributed by atoms with van der Waals surface area (Å²) in [6.07, 6.45) is 1.46. The Kier molecular flexibility index (Phi) is 4.66. The number of nitrogens with one attached hydrogen (secondary N) is 2. The maximum absolute atomic E-state index is 11.4. The SMILES string of the molecule is Cn1ncc(NC(=S)Nc2ccc(Cl)c(Cl)c2)c1C(N)=O. The quantitative estimate of drug-likeness (QED) is 0.746. The molecule has 0 aliphatic rings. The number of carbonyl (C=O) groups excluding carboxylic acids is 1. The fourth-order valence-electron chi connectivity index (χ4n) is 1.68. The minimum absolute atomic E-state index is 0.230. The maximum Gasteiger partial charge on any atom is 0.269 e. The molecule has 0 saturated carbocycles. The van der Waals surface area contributed by atoms with Gasteiger partial charge in [0.25, 0.3) is 5.91 Å². The first-order valence-electron chi connectivity index (χ1n) is 5.73. The van der Waals surface area contributed by atoms with Gasteiger partial charge in [0.1, 0.15) is 5.69 Å². The molecule has 2 rings (SSSR count). The van der Waals surface area contributed by atoms with E-state index in [1.807, 2.05) is 0 Å². The molecule has 1 aromatic heterocycles. The molecule has 0 aliphatic carbocycles. The summed E-state index contributed by atoms with van der Waals surface area (Å²) in [7, 11) is 1.61. The van der Waals surface area contributed by atoms with Crippen LogP contribution in [-0.4, -0.2) is 20.8 Å². The average Bonchev–Trinajstić information content (AvgIpc) is 2.75. The van der Waals surface area contributed by atoms with Gasteiger partial charge in [-0.1, -0.05) is 23.2 Å². The fourth-order valence-corrected chi connectivity index (χ4v) is 2.21. The number of amides is 1. The highest BCUT2D eigenvalue weighted by Gasteiger charge is 2.14. The van der Waals surface area contributed by atoms with Crippen molar-refractivity contribution < 1.29 is 4.79 Å². The second-order valence-electron chi connectivity index (χ2n) is 4.10. The average molecular weight is 344 g/mol. The Bertz CT molecular complexity index is 716. The van der Waals surface area contributed by atoms with Gasteiger partial charge in [0, 0.05) is 12.7 Å². The zero-order chi connectivity index (χ0) is 15.6. The Morgan fingerprint density at radius 1 is 1.33 bits per heavy atom. The van der Waals surface area contributed by atoms with Crippen LogP contribution < -0.4 is 16.4 Å². The van der Waals surface area contributed by atoms with Crippen LogP contribution >= 0.6 is 35.4 Å². The maximum atomic E-state index is 11.4. The molecule has 0 fully saturated rings. The Balaban J connectivity index is 2.12. The van der Waals surface area contributed by atoms with Crippen molar-refractivity contribution in [1.29, 1.82) is 0 Å². The van der Waals surface area contributed by atoms with E-state index in [1.54, 1.807) is 25.2 Å². The lowest BCUT2D eigenvalue weighted by Gasteiger charge is -2.11. The van der Waals surface area contributed by atoms with Crippen molar-refractivity contribution >= 4 is 57.8 Å². The number of thiocarbonyl (C=S) groups is 1. The van der Waals surface area contributed by atoms with Crippen LogP contribution in [0.4, 0.5) is 11.4 Å². The zero-order valence-corrected chi connectivity index (χ0v) is 13.2. The van der Waals surface area contributed by atoms with Crippen LogP contribution in [0.2, 0.25) is 10.0 Å². The van der Waals surface area contributed by atoms with E-state index in [4.69, 9.17) is 41.2 Å². The highest BCUT2D eigenvalue weighted by molar-refractivity contribution is 7.80. The first-order chi connectivity index (χ1) is 9.88. The fraction of sp³-hybridized carbons (Fsp3) is 0.0833. The first kappa shape index (κ1) is 15.6. The number of halogens is 2. The summed E-state index contributed by atoms with van der Waals surface area (Å²) in [5.74, 6) is -0.602. The second kappa shape index (κ2) is 6.30. The minimum Gasteiger partial charge on any atom is -0.364 e. The largest absolute Gasteiger partial charge is 0.364 e. The molecule has 0 aliphatic heterocycles. The third kappa shape index (κ3) is 3.63. The topological polar surface area (TPSA) is 85.0 Å². The third-order valence-corrected chi connectivity index (χ3v) is 3.54. The van der Waals surface area contributed by atoms with Gasteiger partial charge in [-0.25, -0.2) is 0 Å². The lowest BCUT2D eigenvalue weighted by atomic mass is 10.3. The molecule has 0 unspecified atom stereocenters. The van der Waals surface area contributed by atoms with Gasteiger partial charge in [-0.15, -0.1) is 0 Å². The molecule has 6 nitrogen and oxygen atoms in total. The summed E-state index contributed by atoms with van der Waals surface area (Å²) < 4.78 is 1.37. The molecule has 1 aromatic carbocycles. The minimum atomic E-state index is -0.602. The van der Waals surface area contributed by atoms with Gasteiger partial charge in [-0.2, -0.15) is 5.10 Å². The number of aryl methyl sites for hydroxylation is 1. The molecule has 0 bridgehead atoms. The summed E-state index contributed by atoms with van der Waals surface area (Å²) in [6, 6.07) is 5.00. The summed E-state index contributed by atoms with van der Waals surface area (Å²) in [6.45, 7) is 0. The van der Waals surface area contributed by atoms with E-state index >= 15 is 0 Å². The van der Waals surface area contributed by atoms with E-state index in [2.05, 4.69) is 15.7 Å². The molecular weight excluding hydrogens is 333 g/mol. The molecule has 2 aromatic rings. The number of nitrogens with two attached hydrogens (primary N) is 1. The van der Waals surface area contributed by atoms with E-state index in [9.17, 15) is 4.79 Å². The Morgan fingerprint density at radius 2 is 2.05 bits per heavy atom. The number of hydrogen-bond acceptors (Lipinski definition) is 3. The first-order valence-corrected chi connectivity index (χ1v) is 6.89. The van der Waals surface area contributed by atoms with Crippen LogP contribution in [0.1, 0.15) is 10.5 Å². The van der Waals surface area contributed by atoms with Crippen LogP contribution in [-0.2, 0) is 7.05 Å². The van der Waals surface area contributed by atoms with Crippen molar-refractivity contribution in [2.24, 2.45) is 12.8 Å². The molecule has 1 amide bonds. The van der Waals surface area contributed by atoms with Gasteiger partial charge in [0.15, 0.2) is 5.11 Å². The molecule has 21 heavy (non-hydrogen) atoms. The normalized spacial score (nSPS) is 10.2. The number of rotatable bonds is 3. The van der Waals surface area contributed by atoms with Gasteiger partial charge in [0.2, 0.25) is 0 Å². The van der Waals surface area contributed by atoms with Gasteiger partial charge >= 0.3 is 0 Å². The van der Waals surface area contributed by atoms with Crippen LogP contribution in [0, 0.1) is 0 Å². The van der Waals surface area contributed by atoms with Crippen LogP contribution in [0.5, 0.6) is 0 Å². The summed E-state index contributed by atoms with van der Waals surface area (Å²) >= 11 is 16.9. The van der Waals surface area contributed by atoms with E-state index in [0.29, 0.717) is 21.4 Å². The van der Waals surface area contributed by atoms with Crippen molar-refractivity contribution in [2.75, 3.05) is 10.6 Å². The summed E-state index contributed by atoms with van der Waals surface area (Å²) in [5, 5.41) is 10.9. The molecule has 0 atom stereocenters. The predicted octanol–water partition coefficient (Wildman–Crippen LogP) is 2.63. The number of benzene rings is 1. The molecular formula is C12H11Cl2N5OS. The summed E-state index contributed by atoms with van der Waals surface area (Å²) in [4.78, 5) is 11.4. The van der Waals surface area contributed by atoms with Crippen molar-refractivity contribution in [1.82, 2.24) is 9.78 Å². The van der Waals surface area contributed by atoms with E-state index in [1.165, 1.54) is 10.9 Å². The standard InChI is InChI=1S/C12H11Cl2N5OS/c1-19-10(11(15)20)9(5-16-19)18-12(21)17-6-2-3-7(13)8(14)4-6/h2-5H,1H3,(H2,15,20)(H2,17,18,21). The van der Waals surface area contributed by atoms with Crippen LogP contribution in [0.25, 0.3) is 0 Å². The number of carbonyl (C=O) groups is 1. The number of hydrogen-bond donors (Lipinski definition) is 3. The van der Waals surface area contributed by atoms with Crippen LogP contribution in [0.3, 0.4) is 0 Å². The number of anilines is 2. The predicted molar refractivity (Wildman–Crippen MR) is 88.0 cm³/mol. The van der Waals surface area contributed by atoms with Crippen molar-refractivity contribution in [2.45, 2.75) is 0 Å². The lowest BCUT2D eigenvalue weighted by molar-refractivity contribution is 0.0992. The number of aromatic nitrogens is 2. The number of primary amides is 1. The molecule has 1 heterocycles. The lowest BCUT2D eigenvalue weighted by Crippen LogP contribution is -2.23. The van der Waals surface area contributed by atoms with Crippen LogP contribution in [0.15, 0.2) is 24.4 Å². The van der Waals surface area contributed by atoms with E-state index in [-0.39, 0.29) is 10.8 Å². The smallest absolute Gasteiger partial charge is 0.269 e. The highest BCUT2D eigenvalue weighted by atomic mass is 35.5. The monoisotopic (exact) mass is 343 g/mol. The molecule has 4 N–H and O–H groups in total. The molecule has 0 saturated heterocycles. The Hall–Kier alpha value is -1.83. The van der Waals surface area contributed by atoms with E-state index in [0.717, 1.165) is 0 Å². The summed E-state index contributed by atoms with van der Waals surface area (Å²) in [5.41, 5.74) is 6.60. The Morgan fingerprint density at radius 3 is 2.67 bits per heavy atom. The highest BCUT2D eigenvalue weighted by Crippen LogP contribution is 2.25. The van der Waals surface area contributed by atoms with Gasteiger partial charge in [0.05, 0.1) is 21.9 Å². The molecule has 0 spiro atoms. The third-order valence-electron chi connectivity index (χ3n) is 2.60. The van der Waals surface area contributed by atoms with Gasteiger partial charge in [-0.05, 0) is 30.4 Å². The van der Waals surface area contributed by atoms with Gasteiger partial charge < -0.3 is 16.4 Å². The second-order valence-corrected chi connectivity index (χ2v) is 5.33. The molecule has 9 heteroatoms. The van der Waals surface area contributed by atoms with Crippen molar-refractivity contribution in [3.8, 4) is 0 Å². The van der Waals surface area contributed by atoms with Gasteiger partial charge in [-0.3, -0.25) is 9.48 Å². The van der Waals surface area contributed by atoms with Crippen molar-refractivity contribution in [3.05, 3.63) is 40.1 Å².